The maximum atomic E-state index is 12.2. The van der Waals surface area contributed by atoms with Crippen LogP contribution in [0.5, 0.6) is 0 Å². The van der Waals surface area contributed by atoms with Crippen LogP contribution in [0.25, 0.3) is 5.65 Å². The summed E-state index contributed by atoms with van der Waals surface area (Å²) in [7, 11) is 0. The molecule has 84 valence electrons. The molecular formula is C13H16N2O. The van der Waals surface area contributed by atoms with Gasteiger partial charge in [-0.15, -0.1) is 0 Å². The van der Waals surface area contributed by atoms with E-state index in [0.717, 1.165) is 34.6 Å². The predicted molar refractivity (Wildman–Crippen MR) is 65.1 cm³/mol. The van der Waals surface area contributed by atoms with Crippen molar-refractivity contribution in [2.24, 2.45) is 0 Å². The summed E-state index contributed by atoms with van der Waals surface area (Å²) in [5, 5.41) is 0. The summed E-state index contributed by atoms with van der Waals surface area (Å²) in [5.74, 6) is 0. The number of aromatic nitrogens is 2. The Bertz CT molecular complexity index is 611. The molecule has 0 aliphatic heterocycles. The summed E-state index contributed by atoms with van der Waals surface area (Å²) in [6, 6.07) is 3.95. The number of hydrogen-bond donors (Lipinski definition) is 0. The SMILES string of the molecule is CCc1c(C)nc2cc(C)cc(C)n2c1=O. The minimum atomic E-state index is 0.0718. The Kier molecular flexibility index (Phi) is 2.54. The Labute approximate surface area is 94.8 Å². The lowest BCUT2D eigenvalue weighted by molar-refractivity contribution is 0.909. The molecule has 16 heavy (non-hydrogen) atoms. The maximum absolute atomic E-state index is 12.2. The third kappa shape index (κ3) is 1.52. The van der Waals surface area contributed by atoms with Gasteiger partial charge in [-0.2, -0.15) is 0 Å². The second-order valence-corrected chi connectivity index (χ2v) is 4.20. The molecule has 2 rings (SSSR count). The second kappa shape index (κ2) is 3.74. The van der Waals surface area contributed by atoms with E-state index in [9.17, 15) is 4.79 Å². The molecule has 0 aliphatic rings. The van der Waals surface area contributed by atoms with Crippen LogP contribution in [0.3, 0.4) is 0 Å². The van der Waals surface area contributed by atoms with Gasteiger partial charge < -0.3 is 0 Å². The first kappa shape index (κ1) is 10.9. The first-order chi connectivity index (χ1) is 7.54. The van der Waals surface area contributed by atoms with Crippen LogP contribution in [0.15, 0.2) is 16.9 Å². The first-order valence-corrected chi connectivity index (χ1v) is 5.54. The molecule has 0 aliphatic carbocycles. The van der Waals surface area contributed by atoms with Crippen molar-refractivity contribution in [3.8, 4) is 0 Å². The fourth-order valence-electron chi connectivity index (χ4n) is 2.17. The van der Waals surface area contributed by atoms with Gasteiger partial charge in [-0.3, -0.25) is 9.20 Å². The number of fused-ring (bicyclic) bond motifs is 1. The van der Waals surface area contributed by atoms with E-state index in [4.69, 9.17) is 0 Å². The van der Waals surface area contributed by atoms with Crippen molar-refractivity contribution >= 4 is 5.65 Å². The highest BCUT2D eigenvalue weighted by molar-refractivity contribution is 5.45. The Morgan fingerprint density at radius 2 is 1.94 bits per heavy atom. The van der Waals surface area contributed by atoms with Crippen LogP contribution >= 0.6 is 0 Å². The van der Waals surface area contributed by atoms with Gasteiger partial charge in [-0.25, -0.2) is 4.98 Å². The Balaban J connectivity index is 2.99. The largest absolute Gasteiger partial charge is 0.269 e. The molecule has 0 amide bonds. The van der Waals surface area contributed by atoms with Gasteiger partial charge in [0, 0.05) is 17.0 Å². The van der Waals surface area contributed by atoms with Crippen LogP contribution in [-0.2, 0) is 6.42 Å². The van der Waals surface area contributed by atoms with Crippen molar-refractivity contribution in [1.82, 2.24) is 9.38 Å². The van der Waals surface area contributed by atoms with E-state index in [-0.39, 0.29) is 5.56 Å². The Hall–Kier alpha value is -1.64. The fraction of sp³-hybridized carbons (Fsp3) is 0.385. The molecular weight excluding hydrogens is 200 g/mol. The summed E-state index contributed by atoms with van der Waals surface area (Å²) in [4.78, 5) is 16.7. The molecule has 0 saturated carbocycles. The number of aryl methyl sites for hydroxylation is 3. The van der Waals surface area contributed by atoms with Crippen molar-refractivity contribution in [3.63, 3.8) is 0 Å². The Morgan fingerprint density at radius 1 is 1.25 bits per heavy atom. The third-order valence-corrected chi connectivity index (χ3v) is 2.91. The van der Waals surface area contributed by atoms with Crippen LogP contribution in [0.4, 0.5) is 0 Å². The van der Waals surface area contributed by atoms with Crippen LogP contribution in [0, 0.1) is 20.8 Å². The van der Waals surface area contributed by atoms with Gasteiger partial charge in [0.05, 0.1) is 0 Å². The van der Waals surface area contributed by atoms with E-state index >= 15 is 0 Å². The molecule has 0 unspecified atom stereocenters. The lowest BCUT2D eigenvalue weighted by Crippen LogP contribution is -2.22. The molecule has 2 aromatic rings. The summed E-state index contributed by atoms with van der Waals surface area (Å²) in [5.41, 5.74) is 4.55. The summed E-state index contributed by atoms with van der Waals surface area (Å²) in [6.07, 6.45) is 0.730. The van der Waals surface area contributed by atoms with Gasteiger partial charge in [0.2, 0.25) is 0 Å². The minimum Gasteiger partial charge on any atom is -0.269 e. The molecule has 3 nitrogen and oxygen atoms in total. The van der Waals surface area contributed by atoms with Crippen molar-refractivity contribution < 1.29 is 0 Å². The highest BCUT2D eigenvalue weighted by Crippen LogP contribution is 2.09. The quantitative estimate of drug-likeness (QED) is 0.732. The van der Waals surface area contributed by atoms with Gasteiger partial charge in [0.1, 0.15) is 5.65 Å². The molecule has 0 saturated heterocycles. The van der Waals surface area contributed by atoms with E-state index in [1.165, 1.54) is 0 Å². The van der Waals surface area contributed by atoms with Crippen LogP contribution < -0.4 is 5.56 Å². The minimum absolute atomic E-state index is 0.0718. The average Bonchev–Trinajstić information content (AvgIpc) is 2.15. The molecule has 3 heteroatoms. The highest BCUT2D eigenvalue weighted by atomic mass is 16.1. The molecule has 2 aromatic heterocycles. The van der Waals surface area contributed by atoms with Crippen LogP contribution in [0.2, 0.25) is 0 Å². The Morgan fingerprint density at radius 3 is 2.56 bits per heavy atom. The average molecular weight is 216 g/mol. The van der Waals surface area contributed by atoms with E-state index in [1.54, 1.807) is 4.40 Å². The zero-order valence-electron chi connectivity index (χ0n) is 10.2. The fourth-order valence-corrected chi connectivity index (χ4v) is 2.17. The normalized spacial score (nSPS) is 11.0. The predicted octanol–water partition coefficient (Wildman–Crippen LogP) is 2.18. The van der Waals surface area contributed by atoms with Crippen LogP contribution in [-0.4, -0.2) is 9.38 Å². The van der Waals surface area contributed by atoms with Gasteiger partial charge in [-0.1, -0.05) is 6.92 Å². The van der Waals surface area contributed by atoms with Gasteiger partial charge >= 0.3 is 0 Å². The number of rotatable bonds is 1. The molecule has 0 N–H and O–H groups in total. The van der Waals surface area contributed by atoms with Crippen LogP contribution in [0.1, 0.15) is 29.4 Å². The van der Waals surface area contributed by atoms with E-state index in [2.05, 4.69) is 4.98 Å². The zero-order chi connectivity index (χ0) is 11.9. The first-order valence-electron chi connectivity index (χ1n) is 5.54. The van der Waals surface area contributed by atoms with E-state index in [1.807, 2.05) is 39.8 Å². The highest BCUT2D eigenvalue weighted by Gasteiger charge is 2.09. The number of nitrogens with zero attached hydrogens (tertiary/aromatic N) is 2. The molecule has 0 aromatic carbocycles. The van der Waals surface area contributed by atoms with E-state index < -0.39 is 0 Å². The summed E-state index contributed by atoms with van der Waals surface area (Å²) < 4.78 is 1.69. The second-order valence-electron chi connectivity index (χ2n) is 4.20. The summed E-state index contributed by atoms with van der Waals surface area (Å²) >= 11 is 0. The lowest BCUT2D eigenvalue weighted by Gasteiger charge is -2.09. The molecule has 0 fully saturated rings. The topological polar surface area (TPSA) is 34.4 Å². The standard InChI is InChI=1S/C13H16N2O/c1-5-11-10(4)14-12-7-8(2)6-9(3)15(12)13(11)16/h6-7H,5H2,1-4H3. The van der Waals surface area contributed by atoms with Crippen molar-refractivity contribution in [2.45, 2.75) is 34.1 Å². The molecule has 0 radical (unpaired) electrons. The lowest BCUT2D eigenvalue weighted by atomic mass is 10.1. The molecule has 0 spiro atoms. The van der Waals surface area contributed by atoms with Gasteiger partial charge in [0.15, 0.2) is 0 Å². The number of pyridine rings is 1. The summed E-state index contributed by atoms with van der Waals surface area (Å²) in [6.45, 7) is 7.85. The molecule has 0 bridgehead atoms. The van der Waals surface area contributed by atoms with Crippen molar-refractivity contribution in [2.75, 3.05) is 0 Å². The van der Waals surface area contributed by atoms with Gasteiger partial charge in [0.25, 0.3) is 5.56 Å². The molecule has 0 atom stereocenters. The van der Waals surface area contributed by atoms with Crippen molar-refractivity contribution in [3.05, 3.63) is 45.0 Å². The monoisotopic (exact) mass is 216 g/mol. The molecule has 2 heterocycles. The van der Waals surface area contributed by atoms with Gasteiger partial charge in [-0.05, 0) is 44.9 Å². The number of hydrogen-bond acceptors (Lipinski definition) is 2. The smallest absolute Gasteiger partial charge is 0.261 e. The third-order valence-electron chi connectivity index (χ3n) is 2.91. The zero-order valence-corrected chi connectivity index (χ0v) is 10.2. The maximum Gasteiger partial charge on any atom is 0.261 e. The van der Waals surface area contributed by atoms with E-state index in [0.29, 0.717) is 0 Å². The van der Waals surface area contributed by atoms with Crippen molar-refractivity contribution in [1.29, 1.82) is 0 Å².